The molecular formula is C10H20B4O6. The van der Waals surface area contributed by atoms with Crippen LogP contribution in [0.4, 0.5) is 0 Å². The van der Waals surface area contributed by atoms with E-state index in [1.54, 1.807) is 38.3 Å². The van der Waals surface area contributed by atoms with Crippen molar-refractivity contribution in [2.24, 2.45) is 0 Å². The number of carbonyl (C=O) groups is 3. The van der Waals surface area contributed by atoms with Gasteiger partial charge in [0.1, 0.15) is 31.4 Å². The Hall–Kier alpha value is -1.33. The second kappa shape index (κ2) is 7.45. The van der Waals surface area contributed by atoms with Crippen LogP contribution < -0.4 is 0 Å². The maximum Gasteiger partial charge on any atom is 0.344 e. The molecule has 10 heteroatoms. The van der Waals surface area contributed by atoms with Crippen LogP contribution in [0.2, 0.25) is 5.21 Å². The topological polar surface area (TPSA) is 78.9 Å². The lowest BCUT2D eigenvalue weighted by molar-refractivity contribution is -0.159. The van der Waals surface area contributed by atoms with Crippen molar-refractivity contribution in [2.75, 3.05) is 13.2 Å². The zero-order valence-corrected chi connectivity index (χ0v) is 13.1. The molecule has 0 rings (SSSR count). The fourth-order valence-electron chi connectivity index (χ4n) is 2.08. The molecule has 0 aliphatic rings. The molecule has 0 fully saturated rings. The molecule has 0 bridgehead atoms. The van der Waals surface area contributed by atoms with Gasteiger partial charge in [0.05, 0.1) is 6.61 Å². The number of hydrogen-bond donors (Lipinski definition) is 0. The lowest BCUT2D eigenvalue weighted by atomic mass is 9.45. The van der Waals surface area contributed by atoms with E-state index >= 15 is 0 Å². The second-order valence-electron chi connectivity index (χ2n) is 5.80. The van der Waals surface area contributed by atoms with E-state index in [0.29, 0.717) is 0 Å². The van der Waals surface area contributed by atoms with Gasteiger partial charge in [-0.05, 0) is 13.3 Å². The van der Waals surface area contributed by atoms with Gasteiger partial charge in [0.25, 0.3) is 5.97 Å². The van der Waals surface area contributed by atoms with E-state index in [1.807, 2.05) is 0 Å². The molecule has 0 saturated carbocycles. The van der Waals surface area contributed by atoms with Crippen molar-refractivity contribution in [1.29, 1.82) is 0 Å². The Morgan fingerprint density at radius 1 is 1.05 bits per heavy atom. The summed E-state index contributed by atoms with van der Waals surface area (Å²) in [7, 11) is 6.78. The van der Waals surface area contributed by atoms with Crippen LogP contribution in [-0.2, 0) is 28.6 Å². The molecule has 0 saturated heterocycles. The summed E-state index contributed by atoms with van der Waals surface area (Å²) >= 11 is 0. The van der Waals surface area contributed by atoms with Crippen LogP contribution in [0.15, 0.2) is 0 Å². The monoisotopic (exact) mass is 280 g/mol. The largest absolute Gasteiger partial charge is 0.478 e. The third-order valence-electron chi connectivity index (χ3n) is 2.47. The Morgan fingerprint density at radius 3 is 2.05 bits per heavy atom. The lowest BCUT2D eigenvalue weighted by Crippen LogP contribution is -2.43. The van der Waals surface area contributed by atoms with Crippen molar-refractivity contribution in [2.45, 2.75) is 30.9 Å². The number of carbonyl (C=O) groups excluding carboxylic acids is 3. The molecule has 20 heavy (non-hydrogen) atoms. The van der Waals surface area contributed by atoms with Crippen LogP contribution in [0.5, 0.6) is 0 Å². The van der Waals surface area contributed by atoms with Crippen molar-refractivity contribution in [3.63, 3.8) is 0 Å². The normalized spacial score (nSPS) is 11.5. The van der Waals surface area contributed by atoms with Gasteiger partial charge < -0.3 is 14.2 Å². The zero-order chi connectivity index (χ0) is 16.0. The van der Waals surface area contributed by atoms with Gasteiger partial charge in [-0.25, -0.2) is 4.79 Å². The minimum Gasteiger partial charge on any atom is -0.478 e. The molecule has 0 radical (unpaired) electrons. The molecule has 108 valence electrons. The van der Waals surface area contributed by atoms with Crippen LogP contribution in [0.3, 0.4) is 0 Å². The molecule has 0 aromatic heterocycles. The molecule has 0 aromatic rings. The summed E-state index contributed by atoms with van der Waals surface area (Å²) in [4.78, 5) is 34.1. The molecule has 0 spiro atoms. The first-order valence-electron chi connectivity index (χ1n) is 6.52. The number of esters is 3. The van der Waals surface area contributed by atoms with E-state index in [0.717, 1.165) is 0 Å². The molecule has 0 atom stereocenters. The van der Waals surface area contributed by atoms with E-state index in [1.165, 1.54) is 6.92 Å². The fraction of sp³-hybridized carbons (Fsp3) is 0.700. The van der Waals surface area contributed by atoms with E-state index < -0.39 is 35.1 Å². The van der Waals surface area contributed by atoms with Crippen molar-refractivity contribution >= 4 is 49.3 Å². The summed E-state index contributed by atoms with van der Waals surface area (Å²) in [5.41, 5.74) is 0. The van der Waals surface area contributed by atoms with E-state index in [4.69, 9.17) is 9.47 Å². The van der Waals surface area contributed by atoms with Crippen molar-refractivity contribution in [3.8, 4) is 0 Å². The van der Waals surface area contributed by atoms with Crippen LogP contribution >= 0.6 is 0 Å². The Balaban J connectivity index is 4.51. The van der Waals surface area contributed by atoms with Gasteiger partial charge in [0.2, 0.25) is 0 Å². The van der Waals surface area contributed by atoms with Gasteiger partial charge in [-0.15, -0.1) is 0 Å². The van der Waals surface area contributed by atoms with Gasteiger partial charge in [0.15, 0.2) is 6.61 Å². The number of hydrogen-bond acceptors (Lipinski definition) is 6. The highest BCUT2D eigenvalue weighted by molar-refractivity contribution is 6.51. The Morgan fingerprint density at radius 2 is 1.60 bits per heavy atom. The minimum atomic E-state index is -0.883. The third kappa shape index (κ3) is 7.31. The van der Waals surface area contributed by atoms with Gasteiger partial charge in [-0.1, -0.05) is 0 Å². The lowest BCUT2D eigenvalue weighted by Gasteiger charge is -2.33. The Kier molecular flexibility index (Phi) is 6.96. The van der Waals surface area contributed by atoms with Gasteiger partial charge >= 0.3 is 11.9 Å². The predicted octanol–water partition coefficient (Wildman–Crippen LogP) is -3.65. The van der Waals surface area contributed by atoms with E-state index in [9.17, 15) is 14.4 Å². The first kappa shape index (κ1) is 18.7. The van der Waals surface area contributed by atoms with Gasteiger partial charge in [0, 0.05) is 17.5 Å². The van der Waals surface area contributed by atoms with Crippen molar-refractivity contribution in [1.82, 2.24) is 0 Å². The number of ether oxygens (including phenoxy) is 3. The summed E-state index contributed by atoms with van der Waals surface area (Å²) in [6, 6.07) is 0. The highest BCUT2D eigenvalue weighted by atomic mass is 16.6. The zero-order valence-electron chi connectivity index (χ0n) is 13.1. The molecule has 0 unspecified atom stereocenters. The smallest absolute Gasteiger partial charge is 0.344 e. The minimum absolute atomic E-state index is 0.235. The average Bonchev–Trinajstić information content (AvgIpc) is 2.22. The maximum atomic E-state index is 12.0. The summed E-state index contributed by atoms with van der Waals surface area (Å²) < 4.78 is 14.7. The molecule has 0 amide bonds. The third-order valence-corrected chi connectivity index (χ3v) is 2.47. The summed E-state index contributed by atoms with van der Waals surface area (Å²) in [6.07, 6.45) is 0.279. The number of rotatable bonds is 7. The molecule has 0 aliphatic heterocycles. The molecule has 0 N–H and O–H groups in total. The van der Waals surface area contributed by atoms with Crippen LogP contribution in [0.25, 0.3) is 0 Å². The first-order chi connectivity index (χ1) is 9.00. The molecular weight excluding hydrogens is 259 g/mol. The SMILES string of the molecule is BC(B)(CC(B)(B)C(=O)OCC(=O)OCC)OC(C)=O. The van der Waals surface area contributed by atoms with Crippen LogP contribution in [0.1, 0.15) is 20.3 Å². The maximum absolute atomic E-state index is 12.0. The Labute approximate surface area is 122 Å². The van der Waals surface area contributed by atoms with E-state index in [-0.39, 0.29) is 13.0 Å². The summed E-state index contributed by atoms with van der Waals surface area (Å²) in [6.45, 7) is 2.81. The van der Waals surface area contributed by atoms with Crippen molar-refractivity contribution < 1.29 is 28.6 Å². The van der Waals surface area contributed by atoms with Crippen LogP contribution in [-0.4, -0.2) is 67.9 Å². The van der Waals surface area contributed by atoms with E-state index in [2.05, 4.69) is 4.74 Å². The summed E-state index contributed by atoms with van der Waals surface area (Å²) in [5.74, 6) is -1.53. The predicted molar refractivity (Wildman–Crippen MR) is 83.6 cm³/mol. The average molecular weight is 280 g/mol. The summed E-state index contributed by atoms with van der Waals surface area (Å²) in [5, 5.41) is -1.68. The van der Waals surface area contributed by atoms with Gasteiger partial charge in [-0.3, -0.25) is 9.59 Å². The van der Waals surface area contributed by atoms with Crippen LogP contribution in [0, 0.1) is 0 Å². The fourth-order valence-corrected chi connectivity index (χ4v) is 2.08. The Bertz CT molecular complexity index is 382. The van der Waals surface area contributed by atoms with Gasteiger partial charge in [-0.2, -0.15) is 0 Å². The second-order valence-corrected chi connectivity index (χ2v) is 5.80. The molecule has 0 heterocycles. The molecule has 0 aromatic carbocycles. The molecule has 6 nitrogen and oxygen atoms in total. The first-order valence-corrected chi connectivity index (χ1v) is 6.52. The highest BCUT2D eigenvalue weighted by Crippen LogP contribution is 2.29. The molecule has 0 aliphatic carbocycles. The van der Waals surface area contributed by atoms with Crippen molar-refractivity contribution in [3.05, 3.63) is 0 Å². The highest BCUT2D eigenvalue weighted by Gasteiger charge is 2.37. The quantitative estimate of drug-likeness (QED) is 0.272. The standard InChI is InChI=1S/C10H20B4O6/c1-3-18-7(16)4-19-8(17)9(11,12)5-10(13,14)20-6(2)15/h3-5,11-14H2,1-2H3.